The number of hydrogen-bond acceptors (Lipinski definition) is 0. The van der Waals surface area contributed by atoms with Crippen LogP contribution in [0.15, 0.2) is 0 Å². The molecule has 0 bridgehead atoms. The molecule has 0 aliphatic carbocycles. The van der Waals surface area contributed by atoms with Crippen molar-refractivity contribution >= 4 is 0 Å². The van der Waals surface area contributed by atoms with Gasteiger partial charge in [-0.25, -0.2) is 0 Å². The molecule has 1 radical (unpaired) electrons. The van der Waals surface area contributed by atoms with Gasteiger partial charge in [-0.2, -0.15) is 0 Å². The summed E-state index contributed by atoms with van der Waals surface area (Å²) in [4.78, 5) is 0. The second-order valence-corrected chi connectivity index (χ2v) is 0. The van der Waals surface area contributed by atoms with Crippen LogP contribution in [0.5, 0.6) is 0 Å². The van der Waals surface area contributed by atoms with E-state index in [4.69, 9.17) is 0 Å². The van der Waals surface area contributed by atoms with Crippen LogP contribution in [0, 0.1) is 0 Å². The summed E-state index contributed by atoms with van der Waals surface area (Å²) in [6, 6.07) is 0. The van der Waals surface area contributed by atoms with Gasteiger partial charge in [0, 0.05) is 0 Å². The van der Waals surface area contributed by atoms with Gasteiger partial charge in [0.25, 0.3) is 0 Å². The van der Waals surface area contributed by atoms with Crippen molar-refractivity contribution in [2.24, 2.45) is 0 Å². The van der Waals surface area contributed by atoms with Crippen LogP contribution in [0.25, 0.3) is 0 Å². The van der Waals surface area contributed by atoms with Crippen LogP contribution < -0.4 is 51.4 Å². The van der Waals surface area contributed by atoms with Crippen LogP contribution in [0.1, 0.15) is 0 Å². The second-order valence-electron chi connectivity index (χ2n) is 0. The van der Waals surface area contributed by atoms with Crippen LogP contribution in [0.2, 0.25) is 0 Å². The molecule has 0 saturated carbocycles. The maximum Gasteiger partial charge on any atom is 3.00 e. The number of hydrogen-bond donors (Lipinski definition) is 0. The smallest absolute Gasteiger partial charge is 2.00 e. The summed E-state index contributed by atoms with van der Waals surface area (Å²) in [5.74, 6) is 0. The summed E-state index contributed by atoms with van der Waals surface area (Å²) in [7, 11) is 0. The second kappa shape index (κ2) is 19.0. The molecule has 0 atom stereocenters. The molecule has 0 aliphatic heterocycles. The largest absolute Gasteiger partial charge is 3.00 e. The summed E-state index contributed by atoms with van der Waals surface area (Å²) in [5, 5.41) is 0. The first kappa shape index (κ1) is 34.9. The van der Waals surface area contributed by atoms with Gasteiger partial charge in [-0.15, -0.1) is 0 Å². The zero-order chi connectivity index (χ0) is 0. The van der Waals surface area contributed by atoms with Crippen LogP contribution in [-0.2, 0) is 30.4 Å². The molecule has 0 N–H and O–H groups in total. The molecule has 0 saturated heterocycles. The molecule has 0 spiro atoms. The van der Waals surface area contributed by atoms with Crippen molar-refractivity contribution in [1.82, 2.24) is 0 Å². The summed E-state index contributed by atoms with van der Waals surface area (Å²) >= 11 is 0. The van der Waals surface area contributed by atoms with Crippen LogP contribution in [0.3, 0.4) is 0 Å². The predicted octanol–water partition coefficient (Wildman–Crippen LogP) is -3.24. The third-order valence-corrected chi connectivity index (χ3v) is 0. The first-order chi connectivity index (χ1) is 0. The van der Waals surface area contributed by atoms with E-state index in [0.29, 0.717) is 0 Å². The molecule has 0 aromatic rings. The Hall–Kier alpha value is 2.18. The minimum absolute atomic E-state index is 0. The van der Waals surface area contributed by atoms with Crippen LogP contribution >= 0.6 is 0 Å². The Balaban J connectivity index is 0. The maximum atomic E-state index is 0. The summed E-state index contributed by atoms with van der Waals surface area (Å²) in [6.45, 7) is 0. The Labute approximate surface area is 80.1 Å². The fourth-order valence-electron chi connectivity index (χ4n) is 0. The van der Waals surface area contributed by atoms with Crippen molar-refractivity contribution in [3.05, 3.63) is 0 Å². The molecule has 21 valence electrons. The van der Waals surface area contributed by atoms with E-state index < -0.39 is 0 Å². The average Bonchev–Trinajstić information content (AvgIpc) is 0. The van der Waals surface area contributed by atoms with Crippen LogP contribution in [0.4, 0.5) is 0 Å². The molecule has 0 heterocycles. The van der Waals surface area contributed by atoms with Crippen molar-refractivity contribution in [3.8, 4) is 0 Å². The van der Waals surface area contributed by atoms with Gasteiger partial charge in [0.1, 0.15) is 0 Å². The topological polar surface area (TPSA) is 57.0 Å². The van der Waals surface area contributed by atoms with E-state index in [1.54, 1.807) is 0 Å². The van der Waals surface area contributed by atoms with Crippen molar-refractivity contribution in [1.29, 1.82) is 0 Å². The zero-order valence-electron chi connectivity index (χ0n) is 2.17. The first-order valence-corrected chi connectivity index (χ1v) is 0. The number of rotatable bonds is 0. The van der Waals surface area contributed by atoms with E-state index in [2.05, 4.69) is 0 Å². The Morgan fingerprint density at radius 1 is 0.750 bits per heavy atom. The Bertz CT molecular complexity index is 6.00. The molecule has 4 heavy (non-hydrogen) atoms. The van der Waals surface area contributed by atoms with Gasteiger partial charge in [0.15, 0.2) is 0 Å². The molecule has 0 rings (SSSR count). The monoisotopic (exact) mass is 173 g/mol. The molecule has 0 aromatic carbocycles. The van der Waals surface area contributed by atoms with Gasteiger partial charge >= 0.3 is 70.9 Å². The molecule has 0 unspecified atom stereocenters. The quantitative estimate of drug-likeness (QED) is 0.345. The van der Waals surface area contributed by atoms with Gasteiger partial charge in [-0.1, -0.05) is 0 Å². The normalized spacial score (nSPS) is 0. The van der Waals surface area contributed by atoms with E-state index in [-0.39, 0.29) is 81.8 Å². The maximum absolute atomic E-state index is 0. The van der Waals surface area contributed by atoms with E-state index >= 15 is 0 Å². The molecule has 0 fully saturated rings. The van der Waals surface area contributed by atoms with Gasteiger partial charge < -0.3 is 11.0 Å². The molecule has 0 amide bonds. The van der Waals surface area contributed by atoms with Crippen molar-refractivity contribution in [3.63, 3.8) is 0 Å². The van der Waals surface area contributed by atoms with Gasteiger partial charge in [0.05, 0.1) is 0 Å². The standard InChI is InChI=1S/K.2O.Ru/q+1;2*-2;+3. The zero-order valence-corrected chi connectivity index (χ0v) is 7.03. The molecular weight excluding hydrogens is 172 g/mol. The Kier molecular flexibility index (Phi) is 166. The molecule has 2 nitrogen and oxygen atoms in total. The van der Waals surface area contributed by atoms with E-state index in [1.165, 1.54) is 0 Å². The van der Waals surface area contributed by atoms with Gasteiger partial charge in [0.2, 0.25) is 0 Å². The fraction of sp³-hybridized carbons (Fsp3) is 0. The average molecular weight is 172 g/mol. The van der Waals surface area contributed by atoms with Crippen molar-refractivity contribution in [2.75, 3.05) is 0 Å². The van der Waals surface area contributed by atoms with Crippen molar-refractivity contribution < 1.29 is 81.8 Å². The minimum atomic E-state index is 0. The third kappa shape index (κ3) is 8.89. The van der Waals surface area contributed by atoms with E-state index in [9.17, 15) is 0 Å². The molecular formula is KO2Ru. The van der Waals surface area contributed by atoms with Gasteiger partial charge in [-0.3, -0.25) is 0 Å². The molecule has 0 aromatic heterocycles. The van der Waals surface area contributed by atoms with Gasteiger partial charge in [-0.05, 0) is 0 Å². The first-order valence-electron chi connectivity index (χ1n) is 0. The summed E-state index contributed by atoms with van der Waals surface area (Å²) in [6.07, 6.45) is 0. The van der Waals surface area contributed by atoms with E-state index in [0.717, 1.165) is 0 Å². The SMILES string of the molecule is [K+].[O-2].[O-2].[Ru+3]. The third-order valence-electron chi connectivity index (χ3n) is 0. The Morgan fingerprint density at radius 3 is 0.750 bits per heavy atom. The summed E-state index contributed by atoms with van der Waals surface area (Å²) in [5.41, 5.74) is 0. The van der Waals surface area contributed by atoms with Crippen molar-refractivity contribution in [2.45, 2.75) is 0 Å². The predicted molar refractivity (Wildman–Crippen MR) is 1.37 cm³/mol. The molecule has 4 heteroatoms. The van der Waals surface area contributed by atoms with E-state index in [1.807, 2.05) is 0 Å². The van der Waals surface area contributed by atoms with Crippen LogP contribution in [-0.4, -0.2) is 0 Å². The summed E-state index contributed by atoms with van der Waals surface area (Å²) < 4.78 is 0. The fourth-order valence-corrected chi connectivity index (χ4v) is 0. The molecule has 0 aliphatic rings. The Morgan fingerprint density at radius 2 is 0.750 bits per heavy atom. The minimum Gasteiger partial charge on any atom is -2.00 e.